The highest BCUT2D eigenvalue weighted by Gasteiger charge is 2.36. The molecule has 1 atom stereocenters. The van der Waals surface area contributed by atoms with Gasteiger partial charge in [-0.2, -0.15) is 4.98 Å². The van der Waals surface area contributed by atoms with Crippen molar-refractivity contribution >= 4 is 5.91 Å². The van der Waals surface area contributed by atoms with Crippen LogP contribution in [0, 0.1) is 5.82 Å². The number of amides is 1. The molecular formula is C19H26F3N3O3. The molecule has 156 valence electrons. The smallest absolute Gasteiger partial charge is 0.254 e. The van der Waals surface area contributed by atoms with Gasteiger partial charge in [-0.3, -0.25) is 9.69 Å². The second-order valence-corrected chi connectivity index (χ2v) is 7.40. The molecule has 1 unspecified atom stereocenters. The summed E-state index contributed by atoms with van der Waals surface area (Å²) >= 11 is 0. The minimum atomic E-state index is -2.68. The molecule has 0 bridgehead atoms. The standard InChI is InChI=1S/C19H26F3N3O3/c1-12(25-8-3-9-25)16(26)23-11-13-10-15(20)18(24-17(13)27-2)28-14-4-6-19(21,22)7-5-14/h10,12,14H,3-9,11H2,1-2H3,(H,23,26). The Bertz CT molecular complexity index is 703. The monoisotopic (exact) mass is 401 g/mol. The van der Waals surface area contributed by atoms with E-state index in [1.165, 1.54) is 13.2 Å². The Hall–Kier alpha value is -2.03. The Kier molecular flexibility index (Phi) is 6.32. The number of aromatic nitrogens is 1. The lowest BCUT2D eigenvalue weighted by Crippen LogP contribution is -2.51. The van der Waals surface area contributed by atoms with Crippen molar-refractivity contribution in [3.8, 4) is 11.8 Å². The van der Waals surface area contributed by atoms with E-state index in [0.29, 0.717) is 5.56 Å². The third-order valence-corrected chi connectivity index (χ3v) is 5.39. The quantitative estimate of drug-likeness (QED) is 0.761. The number of halogens is 3. The molecule has 3 rings (SSSR count). The highest BCUT2D eigenvalue weighted by molar-refractivity contribution is 5.81. The van der Waals surface area contributed by atoms with Gasteiger partial charge in [0.1, 0.15) is 6.10 Å². The van der Waals surface area contributed by atoms with Gasteiger partial charge < -0.3 is 14.8 Å². The van der Waals surface area contributed by atoms with Gasteiger partial charge in [-0.1, -0.05) is 0 Å². The molecule has 1 saturated heterocycles. The molecule has 1 aliphatic heterocycles. The van der Waals surface area contributed by atoms with Crippen molar-refractivity contribution in [2.24, 2.45) is 0 Å². The van der Waals surface area contributed by atoms with Crippen LogP contribution >= 0.6 is 0 Å². The Morgan fingerprint density at radius 3 is 2.61 bits per heavy atom. The molecule has 0 spiro atoms. The van der Waals surface area contributed by atoms with E-state index in [2.05, 4.69) is 15.2 Å². The van der Waals surface area contributed by atoms with Crippen molar-refractivity contribution in [2.45, 2.75) is 63.6 Å². The number of likely N-dealkylation sites (tertiary alicyclic amines) is 1. The maximum Gasteiger partial charge on any atom is 0.254 e. The molecule has 0 aromatic carbocycles. The molecule has 6 nitrogen and oxygen atoms in total. The number of hydrogen-bond acceptors (Lipinski definition) is 5. The normalized spacial score (nSPS) is 20.9. The van der Waals surface area contributed by atoms with Crippen LogP contribution in [0.1, 0.15) is 44.6 Å². The Balaban J connectivity index is 1.61. The van der Waals surface area contributed by atoms with Crippen molar-refractivity contribution in [2.75, 3.05) is 20.2 Å². The van der Waals surface area contributed by atoms with Crippen LogP contribution in [0.25, 0.3) is 0 Å². The second kappa shape index (κ2) is 8.55. The average Bonchev–Trinajstić information content (AvgIpc) is 2.61. The van der Waals surface area contributed by atoms with Crippen LogP contribution in [0.4, 0.5) is 13.2 Å². The van der Waals surface area contributed by atoms with Crippen molar-refractivity contribution in [1.29, 1.82) is 0 Å². The summed E-state index contributed by atoms with van der Waals surface area (Å²) in [6.45, 7) is 3.69. The zero-order valence-corrected chi connectivity index (χ0v) is 16.1. The summed E-state index contributed by atoms with van der Waals surface area (Å²) in [6, 6.07) is 0.956. The number of pyridine rings is 1. The van der Waals surface area contributed by atoms with Gasteiger partial charge in [-0.15, -0.1) is 0 Å². The second-order valence-electron chi connectivity index (χ2n) is 7.40. The Morgan fingerprint density at radius 2 is 2.04 bits per heavy atom. The largest absolute Gasteiger partial charge is 0.481 e. The number of nitrogens with one attached hydrogen (secondary N) is 1. The maximum atomic E-state index is 14.4. The van der Waals surface area contributed by atoms with Gasteiger partial charge in [0.15, 0.2) is 5.82 Å². The predicted octanol–water partition coefficient (Wildman–Crippen LogP) is 2.90. The van der Waals surface area contributed by atoms with E-state index in [0.717, 1.165) is 19.5 Å². The maximum absolute atomic E-state index is 14.4. The molecule has 1 aromatic heterocycles. The molecule has 1 amide bonds. The summed E-state index contributed by atoms with van der Waals surface area (Å²) in [6.07, 6.45) is 0.298. The first kappa shape index (κ1) is 20.7. The number of hydrogen-bond donors (Lipinski definition) is 1. The predicted molar refractivity (Wildman–Crippen MR) is 96.1 cm³/mol. The number of methoxy groups -OCH3 is 1. The third kappa shape index (κ3) is 4.87. The van der Waals surface area contributed by atoms with Crippen LogP contribution < -0.4 is 14.8 Å². The lowest BCUT2D eigenvalue weighted by atomic mass is 9.94. The van der Waals surface area contributed by atoms with Crippen molar-refractivity contribution in [3.63, 3.8) is 0 Å². The van der Waals surface area contributed by atoms with Crippen LogP contribution in [0.3, 0.4) is 0 Å². The van der Waals surface area contributed by atoms with Gasteiger partial charge in [-0.05, 0) is 32.3 Å². The topological polar surface area (TPSA) is 63.7 Å². The van der Waals surface area contributed by atoms with E-state index in [9.17, 15) is 18.0 Å². The molecule has 1 aliphatic carbocycles. The van der Waals surface area contributed by atoms with Crippen LogP contribution in [-0.4, -0.2) is 54.1 Å². The Labute approximate surface area is 162 Å². The molecular weight excluding hydrogens is 375 g/mol. The molecule has 28 heavy (non-hydrogen) atoms. The summed E-state index contributed by atoms with van der Waals surface area (Å²) in [5.74, 6) is -3.67. The first-order valence-corrected chi connectivity index (χ1v) is 9.59. The first-order valence-electron chi connectivity index (χ1n) is 9.59. The number of alkyl halides is 2. The average molecular weight is 401 g/mol. The summed E-state index contributed by atoms with van der Waals surface area (Å²) in [4.78, 5) is 18.3. The highest BCUT2D eigenvalue weighted by atomic mass is 19.3. The number of carbonyl (C=O) groups excluding carboxylic acids is 1. The van der Waals surface area contributed by atoms with Crippen LogP contribution in [0.2, 0.25) is 0 Å². The molecule has 2 fully saturated rings. The molecule has 2 heterocycles. The summed E-state index contributed by atoms with van der Waals surface area (Å²) in [7, 11) is 1.39. The minimum Gasteiger partial charge on any atom is -0.481 e. The van der Waals surface area contributed by atoms with E-state index < -0.39 is 17.8 Å². The first-order chi connectivity index (χ1) is 13.3. The lowest BCUT2D eigenvalue weighted by Gasteiger charge is -2.35. The molecule has 1 saturated carbocycles. The molecule has 9 heteroatoms. The fourth-order valence-corrected chi connectivity index (χ4v) is 3.39. The SMILES string of the molecule is COc1nc(OC2CCC(F)(F)CC2)c(F)cc1CNC(=O)C(C)N1CCC1. The fraction of sp³-hybridized carbons (Fsp3) is 0.684. The van der Waals surface area contributed by atoms with Crippen LogP contribution in [0.5, 0.6) is 11.8 Å². The van der Waals surface area contributed by atoms with Gasteiger partial charge in [0.2, 0.25) is 17.7 Å². The van der Waals surface area contributed by atoms with Crippen LogP contribution in [-0.2, 0) is 11.3 Å². The molecule has 1 aromatic rings. The van der Waals surface area contributed by atoms with E-state index >= 15 is 0 Å². The van der Waals surface area contributed by atoms with Crippen molar-refractivity contribution in [3.05, 3.63) is 17.4 Å². The number of carbonyl (C=O) groups is 1. The van der Waals surface area contributed by atoms with E-state index in [4.69, 9.17) is 9.47 Å². The molecule has 2 aliphatic rings. The van der Waals surface area contributed by atoms with E-state index in [1.807, 2.05) is 6.92 Å². The van der Waals surface area contributed by atoms with E-state index in [-0.39, 0.29) is 55.9 Å². The van der Waals surface area contributed by atoms with Crippen LogP contribution in [0.15, 0.2) is 6.07 Å². The molecule has 1 N–H and O–H groups in total. The number of ether oxygens (including phenoxy) is 2. The number of rotatable bonds is 7. The van der Waals surface area contributed by atoms with Crippen molar-refractivity contribution in [1.82, 2.24) is 15.2 Å². The van der Waals surface area contributed by atoms with Gasteiger partial charge >= 0.3 is 0 Å². The lowest BCUT2D eigenvalue weighted by molar-refractivity contribution is -0.127. The zero-order chi connectivity index (χ0) is 20.3. The summed E-state index contributed by atoms with van der Waals surface area (Å²) in [5, 5.41) is 2.77. The van der Waals surface area contributed by atoms with Gasteiger partial charge in [0, 0.05) is 38.0 Å². The van der Waals surface area contributed by atoms with Gasteiger partial charge in [-0.25, -0.2) is 13.2 Å². The summed E-state index contributed by atoms with van der Waals surface area (Å²) in [5.41, 5.74) is 0.381. The molecule has 0 radical (unpaired) electrons. The fourth-order valence-electron chi connectivity index (χ4n) is 3.39. The third-order valence-electron chi connectivity index (χ3n) is 5.39. The van der Waals surface area contributed by atoms with E-state index in [1.54, 1.807) is 0 Å². The Morgan fingerprint density at radius 1 is 1.36 bits per heavy atom. The van der Waals surface area contributed by atoms with Gasteiger partial charge in [0.05, 0.1) is 13.2 Å². The zero-order valence-electron chi connectivity index (χ0n) is 16.1. The van der Waals surface area contributed by atoms with Gasteiger partial charge in [0.25, 0.3) is 5.88 Å². The van der Waals surface area contributed by atoms with Crippen molar-refractivity contribution < 1.29 is 27.4 Å². The summed E-state index contributed by atoms with van der Waals surface area (Å²) < 4.78 is 51.6. The number of nitrogens with zero attached hydrogens (tertiary/aromatic N) is 2. The highest BCUT2D eigenvalue weighted by Crippen LogP contribution is 2.35. The minimum absolute atomic E-state index is 0.0695.